The Morgan fingerprint density at radius 3 is 2.75 bits per heavy atom. The zero-order valence-corrected chi connectivity index (χ0v) is 11.8. The summed E-state index contributed by atoms with van der Waals surface area (Å²) in [6, 6.07) is 7.74. The molecule has 0 bridgehead atoms. The predicted octanol–water partition coefficient (Wildman–Crippen LogP) is 2.23. The van der Waals surface area contributed by atoms with Crippen LogP contribution in [0.2, 0.25) is 0 Å². The van der Waals surface area contributed by atoms with Gasteiger partial charge in [-0.2, -0.15) is 0 Å². The molecule has 0 amide bonds. The fourth-order valence-electron chi connectivity index (χ4n) is 2.32. The molecular formula is C15H20O5. The summed E-state index contributed by atoms with van der Waals surface area (Å²) >= 11 is 0. The third-order valence-corrected chi connectivity index (χ3v) is 3.35. The summed E-state index contributed by atoms with van der Waals surface area (Å²) < 4.78 is 16.7. The molecule has 1 aliphatic rings. The van der Waals surface area contributed by atoms with Crippen LogP contribution in [0.4, 0.5) is 0 Å². The largest absolute Gasteiger partial charge is 0.497 e. The molecule has 0 radical (unpaired) electrons. The van der Waals surface area contributed by atoms with Crippen LogP contribution in [-0.2, 0) is 20.7 Å². The molecule has 1 saturated heterocycles. The molecule has 5 nitrogen and oxygen atoms in total. The summed E-state index contributed by atoms with van der Waals surface area (Å²) in [4.78, 5) is 10.6. The SMILES string of the molecule is COc1ccc(CC2(C)OCC(CCC(=O)O)O2)cc1. The summed E-state index contributed by atoms with van der Waals surface area (Å²) in [7, 11) is 1.63. The minimum atomic E-state index is -0.808. The second kappa shape index (κ2) is 6.24. The molecule has 0 saturated carbocycles. The van der Waals surface area contributed by atoms with E-state index in [0.29, 0.717) is 19.4 Å². The Labute approximate surface area is 118 Å². The Hall–Kier alpha value is -1.59. The van der Waals surface area contributed by atoms with Gasteiger partial charge in [-0.3, -0.25) is 4.79 Å². The minimum Gasteiger partial charge on any atom is -0.497 e. The predicted molar refractivity (Wildman–Crippen MR) is 72.8 cm³/mol. The molecule has 0 spiro atoms. The van der Waals surface area contributed by atoms with Crippen LogP contribution in [0.25, 0.3) is 0 Å². The third kappa shape index (κ3) is 3.95. The Morgan fingerprint density at radius 2 is 2.15 bits per heavy atom. The Kier molecular flexibility index (Phi) is 4.62. The standard InChI is InChI=1S/C15H20O5/c1-15(9-11-3-5-12(18-2)6-4-11)19-10-13(20-15)7-8-14(16)17/h3-6,13H,7-10H2,1-2H3,(H,16,17). The van der Waals surface area contributed by atoms with E-state index in [9.17, 15) is 4.79 Å². The molecule has 2 rings (SSSR count). The van der Waals surface area contributed by atoms with Gasteiger partial charge in [0.25, 0.3) is 0 Å². The molecule has 2 unspecified atom stereocenters. The van der Waals surface area contributed by atoms with Gasteiger partial charge in [0.2, 0.25) is 0 Å². The number of hydrogen-bond acceptors (Lipinski definition) is 4. The van der Waals surface area contributed by atoms with Crippen molar-refractivity contribution in [2.24, 2.45) is 0 Å². The van der Waals surface area contributed by atoms with Crippen molar-refractivity contribution in [1.82, 2.24) is 0 Å². The molecule has 1 aliphatic heterocycles. The number of methoxy groups -OCH3 is 1. The van der Waals surface area contributed by atoms with Crippen molar-refractivity contribution in [3.05, 3.63) is 29.8 Å². The van der Waals surface area contributed by atoms with Gasteiger partial charge in [-0.15, -0.1) is 0 Å². The highest BCUT2D eigenvalue weighted by atomic mass is 16.7. The zero-order chi connectivity index (χ0) is 14.6. The van der Waals surface area contributed by atoms with E-state index in [1.165, 1.54) is 0 Å². The van der Waals surface area contributed by atoms with Gasteiger partial charge in [0.05, 0.1) is 19.8 Å². The van der Waals surface area contributed by atoms with E-state index >= 15 is 0 Å². The van der Waals surface area contributed by atoms with Crippen LogP contribution in [0.5, 0.6) is 5.75 Å². The maximum atomic E-state index is 10.6. The first-order valence-corrected chi connectivity index (χ1v) is 6.67. The van der Waals surface area contributed by atoms with Gasteiger partial charge in [0, 0.05) is 12.8 Å². The lowest BCUT2D eigenvalue weighted by Gasteiger charge is -2.23. The molecule has 20 heavy (non-hydrogen) atoms. The van der Waals surface area contributed by atoms with E-state index in [1.807, 2.05) is 31.2 Å². The smallest absolute Gasteiger partial charge is 0.303 e. The average Bonchev–Trinajstić information content (AvgIpc) is 2.79. The maximum Gasteiger partial charge on any atom is 0.303 e. The first-order valence-electron chi connectivity index (χ1n) is 6.67. The van der Waals surface area contributed by atoms with E-state index in [2.05, 4.69) is 0 Å². The van der Waals surface area contributed by atoms with Crippen LogP contribution in [0.15, 0.2) is 24.3 Å². The number of carboxylic acid groups (broad SMARTS) is 1. The molecule has 1 aromatic rings. The number of aliphatic carboxylic acids is 1. The van der Waals surface area contributed by atoms with Crippen molar-refractivity contribution < 1.29 is 24.1 Å². The van der Waals surface area contributed by atoms with Crippen molar-refractivity contribution >= 4 is 5.97 Å². The fourth-order valence-corrected chi connectivity index (χ4v) is 2.32. The van der Waals surface area contributed by atoms with Crippen LogP contribution < -0.4 is 4.74 Å². The molecule has 2 atom stereocenters. The van der Waals surface area contributed by atoms with Crippen molar-refractivity contribution in [2.45, 2.75) is 38.1 Å². The molecule has 1 fully saturated rings. The first kappa shape index (κ1) is 14.8. The van der Waals surface area contributed by atoms with Crippen LogP contribution in [0, 0.1) is 0 Å². The Balaban J connectivity index is 1.90. The van der Waals surface area contributed by atoms with Gasteiger partial charge < -0.3 is 19.3 Å². The van der Waals surface area contributed by atoms with Crippen LogP contribution in [0.1, 0.15) is 25.3 Å². The van der Waals surface area contributed by atoms with Gasteiger partial charge in [0.1, 0.15) is 5.75 Å². The van der Waals surface area contributed by atoms with Crippen LogP contribution >= 0.6 is 0 Å². The summed E-state index contributed by atoms with van der Waals surface area (Å²) in [6.45, 7) is 2.33. The van der Waals surface area contributed by atoms with E-state index in [-0.39, 0.29) is 12.5 Å². The van der Waals surface area contributed by atoms with Crippen molar-refractivity contribution in [2.75, 3.05) is 13.7 Å². The second-order valence-corrected chi connectivity index (χ2v) is 5.14. The molecule has 5 heteroatoms. The fraction of sp³-hybridized carbons (Fsp3) is 0.533. The molecule has 0 aliphatic carbocycles. The van der Waals surface area contributed by atoms with Gasteiger partial charge in [0.15, 0.2) is 5.79 Å². The van der Waals surface area contributed by atoms with Crippen molar-refractivity contribution in [1.29, 1.82) is 0 Å². The van der Waals surface area contributed by atoms with Crippen LogP contribution in [-0.4, -0.2) is 36.7 Å². The summed E-state index contributed by atoms with van der Waals surface area (Å²) in [5.74, 6) is -0.679. The molecule has 110 valence electrons. The van der Waals surface area contributed by atoms with Gasteiger partial charge in [-0.25, -0.2) is 0 Å². The van der Waals surface area contributed by atoms with E-state index in [1.54, 1.807) is 7.11 Å². The second-order valence-electron chi connectivity index (χ2n) is 5.14. The summed E-state index contributed by atoms with van der Waals surface area (Å²) in [6.07, 6.45) is 1.06. The van der Waals surface area contributed by atoms with E-state index in [0.717, 1.165) is 11.3 Å². The normalized spacial score (nSPS) is 25.6. The number of ether oxygens (including phenoxy) is 3. The molecule has 1 aromatic carbocycles. The Morgan fingerprint density at radius 1 is 1.45 bits per heavy atom. The quantitative estimate of drug-likeness (QED) is 0.865. The van der Waals surface area contributed by atoms with Crippen molar-refractivity contribution in [3.63, 3.8) is 0 Å². The lowest BCUT2D eigenvalue weighted by molar-refractivity contribution is -0.155. The van der Waals surface area contributed by atoms with Gasteiger partial charge >= 0.3 is 5.97 Å². The highest BCUT2D eigenvalue weighted by Gasteiger charge is 2.37. The zero-order valence-electron chi connectivity index (χ0n) is 11.8. The minimum absolute atomic E-state index is 0.104. The first-order chi connectivity index (χ1) is 9.50. The van der Waals surface area contributed by atoms with Gasteiger partial charge in [-0.05, 0) is 31.0 Å². The summed E-state index contributed by atoms with van der Waals surface area (Å²) in [5.41, 5.74) is 1.09. The maximum absolute atomic E-state index is 10.6. The number of rotatable bonds is 6. The average molecular weight is 280 g/mol. The number of carbonyl (C=O) groups is 1. The summed E-state index contributed by atoms with van der Waals surface area (Å²) in [5, 5.41) is 8.68. The lowest BCUT2D eigenvalue weighted by atomic mass is 10.1. The topological polar surface area (TPSA) is 65.0 Å². The highest BCUT2D eigenvalue weighted by Crippen LogP contribution is 2.29. The number of carboxylic acids is 1. The molecular weight excluding hydrogens is 260 g/mol. The lowest BCUT2D eigenvalue weighted by Crippen LogP contribution is -2.29. The highest BCUT2D eigenvalue weighted by molar-refractivity contribution is 5.66. The number of hydrogen-bond donors (Lipinski definition) is 1. The molecule has 1 N–H and O–H groups in total. The van der Waals surface area contributed by atoms with Crippen molar-refractivity contribution in [3.8, 4) is 5.75 Å². The third-order valence-electron chi connectivity index (χ3n) is 3.35. The Bertz CT molecular complexity index is 456. The monoisotopic (exact) mass is 280 g/mol. The van der Waals surface area contributed by atoms with E-state index in [4.69, 9.17) is 19.3 Å². The van der Waals surface area contributed by atoms with E-state index < -0.39 is 11.8 Å². The number of benzene rings is 1. The van der Waals surface area contributed by atoms with Gasteiger partial charge in [-0.1, -0.05) is 12.1 Å². The molecule has 1 heterocycles. The van der Waals surface area contributed by atoms with Crippen LogP contribution in [0.3, 0.4) is 0 Å². The molecule has 0 aromatic heterocycles.